The van der Waals surface area contributed by atoms with Crippen LogP contribution in [0.2, 0.25) is 0 Å². The first kappa shape index (κ1) is 12.2. The van der Waals surface area contributed by atoms with Gasteiger partial charge in [-0.3, -0.25) is 0 Å². The molecule has 0 fully saturated rings. The van der Waals surface area contributed by atoms with Crippen LogP contribution < -0.4 is 5.32 Å². The first-order chi connectivity index (χ1) is 9.31. The maximum atomic E-state index is 5.49. The van der Waals surface area contributed by atoms with Crippen molar-refractivity contribution in [2.75, 3.05) is 5.32 Å². The molecule has 0 spiro atoms. The summed E-state index contributed by atoms with van der Waals surface area (Å²) >= 11 is 2.15. The van der Waals surface area contributed by atoms with E-state index in [2.05, 4.69) is 43.4 Å². The average Bonchev–Trinajstić information content (AvgIpc) is 3.08. The summed E-state index contributed by atoms with van der Waals surface area (Å²) in [5.74, 6) is 0.900. The fourth-order valence-electron chi connectivity index (χ4n) is 1.67. The minimum Gasteiger partial charge on any atom is -0.454 e. The van der Waals surface area contributed by atoms with Crippen LogP contribution in [0.5, 0.6) is 0 Å². The van der Waals surface area contributed by atoms with Crippen LogP contribution in [0.1, 0.15) is 5.76 Å². The molecule has 2 heterocycles. The summed E-state index contributed by atoms with van der Waals surface area (Å²) in [5, 5.41) is 14.4. The topological polar surface area (TPSA) is 68.8 Å². The smallest absolute Gasteiger partial charge is 0.164 e. The largest absolute Gasteiger partial charge is 0.454 e. The van der Waals surface area contributed by atoms with Crippen LogP contribution in [0.3, 0.4) is 0 Å². The summed E-state index contributed by atoms with van der Waals surface area (Å²) in [4.78, 5) is 0. The van der Waals surface area contributed by atoms with Crippen LogP contribution in [0, 0.1) is 3.77 Å². The molecule has 0 radical (unpaired) electrons. The Labute approximate surface area is 122 Å². The fourth-order valence-corrected chi connectivity index (χ4v) is 2.14. The number of rotatable bonds is 4. The molecule has 0 saturated heterocycles. The van der Waals surface area contributed by atoms with Gasteiger partial charge in [-0.1, -0.05) is 6.07 Å². The quantitative estimate of drug-likeness (QED) is 0.718. The van der Waals surface area contributed by atoms with E-state index < -0.39 is 0 Å². The molecule has 0 aliphatic heterocycles. The zero-order valence-corrected chi connectivity index (χ0v) is 12.0. The lowest BCUT2D eigenvalue weighted by Crippen LogP contribution is -2.00. The number of anilines is 1. The van der Waals surface area contributed by atoms with Gasteiger partial charge in [0.2, 0.25) is 0 Å². The van der Waals surface area contributed by atoms with Crippen LogP contribution >= 0.6 is 22.6 Å². The molecule has 3 aromatic rings. The summed E-state index contributed by atoms with van der Waals surface area (Å²) in [6.07, 6.45) is 1.56. The Morgan fingerprint density at radius 1 is 1.26 bits per heavy atom. The predicted octanol–water partition coefficient (Wildman–Crippen LogP) is 2.47. The third kappa shape index (κ3) is 2.92. The van der Waals surface area contributed by atoms with Gasteiger partial charge in [0.25, 0.3) is 0 Å². The number of hydrogen-bond donors (Lipinski definition) is 1. The molecule has 7 heteroatoms. The van der Waals surface area contributed by atoms with E-state index >= 15 is 0 Å². The van der Waals surface area contributed by atoms with Gasteiger partial charge in [-0.2, -0.15) is 0 Å². The third-order valence-corrected chi connectivity index (χ3v) is 3.14. The SMILES string of the molecule is Ic1ccc(CNc2cccc(-n3cnnn3)c2)o1. The molecule has 6 nitrogen and oxygen atoms in total. The molecule has 1 aromatic carbocycles. The number of benzene rings is 1. The van der Waals surface area contributed by atoms with E-state index in [9.17, 15) is 0 Å². The normalized spacial score (nSPS) is 10.6. The van der Waals surface area contributed by atoms with Crippen molar-refractivity contribution in [2.45, 2.75) is 6.54 Å². The Balaban J connectivity index is 1.73. The number of tetrazole rings is 1. The summed E-state index contributed by atoms with van der Waals surface area (Å²) < 4.78 is 7.99. The third-order valence-electron chi connectivity index (χ3n) is 2.56. The van der Waals surface area contributed by atoms with Gasteiger partial charge >= 0.3 is 0 Å². The van der Waals surface area contributed by atoms with Crippen molar-refractivity contribution in [3.63, 3.8) is 0 Å². The fraction of sp³-hybridized carbons (Fsp3) is 0.0833. The molecule has 19 heavy (non-hydrogen) atoms. The first-order valence-electron chi connectivity index (χ1n) is 5.63. The highest BCUT2D eigenvalue weighted by Crippen LogP contribution is 2.16. The van der Waals surface area contributed by atoms with E-state index in [1.807, 2.05) is 36.4 Å². The molecule has 0 atom stereocenters. The second kappa shape index (κ2) is 5.39. The molecule has 3 rings (SSSR count). The van der Waals surface area contributed by atoms with E-state index in [-0.39, 0.29) is 0 Å². The zero-order valence-electron chi connectivity index (χ0n) is 9.82. The summed E-state index contributed by atoms with van der Waals surface area (Å²) in [6.45, 7) is 0.641. The second-order valence-corrected chi connectivity index (χ2v) is 4.93. The lowest BCUT2D eigenvalue weighted by Gasteiger charge is -2.06. The van der Waals surface area contributed by atoms with Gasteiger partial charge in [0.05, 0.1) is 12.2 Å². The average molecular weight is 367 g/mol. The number of nitrogens with zero attached hydrogens (tertiary/aromatic N) is 4. The number of halogens is 1. The van der Waals surface area contributed by atoms with Crippen LogP contribution in [-0.2, 0) is 6.54 Å². The van der Waals surface area contributed by atoms with Gasteiger partial charge in [0, 0.05) is 5.69 Å². The number of aromatic nitrogens is 4. The highest BCUT2D eigenvalue weighted by molar-refractivity contribution is 14.1. The van der Waals surface area contributed by atoms with Crippen molar-refractivity contribution in [1.29, 1.82) is 0 Å². The highest BCUT2D eigenvalue weighted by atomic mass is 127. The molecule has 0 unspecified atom stereocenters. The molecule has 0 bridgehead atoms. The standard InChI is InChI=1S/C12H10IN5O/c13-12-5-4-11(19-12)7-14-9-2-1-3-10(6-9)18-8-15-16-17-18/h1-6,8,14H,7H2. The Morgan fingerprint density at radius 3 is 2.95 bits per heavy atom. The molecule has 1 N–H and O–H groups in total. The van der Waals surface area contributed by atoms with Gasteiger partial charge in [-0.15, -0.1) is 5.10 Å². The van der Waals surface area contributed by atoms with Gasteiger partial charge < -0.3 is 9.73 Å². The van der Waals surface area contributed by atoms with E-state index in [0.717, 1.165) is 20.9 Å². The van der Waals surface area contributed by atoms with Crippen molar-refractivity contribution >= 4 is 28.3 Å². The van der Waals surface area contributed by atoms with Crippen LogP contribution in [-0.4, -0.2) is 20.2 Å². The predicted molar refractivity (Wildman–Crippen MR) is 77.9 cm³/mol. The molecular formula is C12H10IN5O. The minimum absolute atomic E-state index is 0.641. The second-order valence-electron chi connectivity index (χ2n) is 3.86. The van der Waals surface area contributed by atoms with Crippen molar-refractivity contribution in [3.8, 4) is 5.69 Å². The maximum Gasteiger partial charge on any atom is 0.164 e. The van der Waals surface area contributed by atoms with Crippen molar-refractivity contribution in [3.05, 3.63) is 52.3 Å². The van der Waals surface area contributed by atoms with Crippen molar-refractivity contribution in [2.24, 2.45) is 0 Å². The Bertz CT molecular complexity index is 664. The number of nitrogens with one attached hydrogen (secondary N) is 1. The summed E-state index contributed by atoms with van der Waals surface area (Å²) in [5.41, 5.74) is 1.89. The highest BCUT2D eigenvalue weighted by Gasteiger charge is 2.02. The van der Waals surface area contributed by atoms with Crippen molar-refractivity contribution < 1.29 is 4.42 Å². The van der Waals surface area contributed by atoms with Gasteiger partial charge in [-0.05, 0) is 63.3 Å². The van der Waals surface area contributed by atoms with Gasteiger partial charge in [0.1, 0.15) is 12.1 Å². The molecule has 0 aliphatic rings. The van der Waals surface area contributed by atoms with E-state index in [1.165, 1.54) is 0 Å². The number of furan rings is 1. The molecule has 0 amide bonds. The van der Waals surface area contributed by atoms with E-state index in [1.54, 1.807) is 11.0 Å². The first-order valence-corrected chi connectivity index (χ1v) is 6.71. The molecule has 0 aliphatic carbocycles. The number of hydrogen-bond acceptors (Lipinski definition) is 5. The van der Waals surface area contributed by atoms with Crippen LogP contribution in [0.25, 0.3) is 5.69 Å². The molecule has 0 saturated carbocycles. The van der Waals surface area contributed by atoms with Crippen molar-refractivity contribution in [1.82, 2.24) is 20.2 Å². The summed E-state index contributed by atoms with van der Waals surface area (Å²) in [7, 11) is 0. The Hall–Kier alpha value is -1.90. The Kier molecular flexibility index (Phi) is 3.45. The molecule has 2 aromatic heterocycles. The van der Waals surface area contributed by atoms with E-state index in [0.29, 0.717) is 6.54 Å². The summed E-state index contributed by atoms with van der Waals surface area (Å²) in [6, 6.07) is 11.8. The van der Waals surface area contributed by atoms with Crippen LogP contribution in [0.15, 0.2) is 47.1 Å². The molecule has 96 valence electrons. The molecular weight excluding hydrogens is 357 g/mol. The zero-order chi connectivity index (χ0) is 13.1. The van der Waals surface area contributed by atoms with Gasteiger partial charge in [-0.25, -0.2) is 4.68 Å². The Morgan fingerprint density at radius 2 is 2.21 bits per heavy atom. The lowest BCUT2D eigenvalue weighted by molar-refractivity contribution is 0.493. The lowest BCUT2D eigenvalue weighted by atomic mass is 10.2. The van der Waals surface area contributed by atoms with Gasteiger partial charge in [0.15, 0.2) is 3.77 Å². The minimum atomic E-state index is 0.641. The maximum absolute atomic E-state index is 5.49. The monoisotopic (exact) mass is 367 g/mol. The van der Waals surface area contributed by atoms with E-state index in [4.69, 9.17) is 4.42 Å². The van der Waals surface area contributed by atoms with Crippen LogP contribution in [0.4, 0.5) is 5.69 Å².